The van der Waals surface area contributed by atoms with Crippen molar-refractivity contribution in [1.82, 2.24) is 0 Å². The summed E-state index contributed by atoms with van der Waals surface area (Å²) >= 11 is 0. The van der Waals surface area contributed by atoms with Gasteiger partial charge in [0.25, 0.3) is 0 Å². The summed E-state index contributed by atoms with van der Waals surface area (Å²) in [7, 11) is 0. The van der Waals surface area contributed by atoms with E-state index in [0.29, 0.717) is 11.8 Å². The molecule has 4 unspecified atom stereocenters. The zero-order chi connectivity index (χ0) is 13.0. The van der Waals surface area contributed by atoms with Crippen LogP contribution in [0.25, 0.3) is 0 Å². The molecule has 4 bridgehead atoms. The van der Waals surface area contributed by atoms with E-state index in [2.05, 4.69) is 6.92 Å². The Hall–Kier alpha value is -0.120. The Balaban J connectivity index is 1.75. The maximum Gasteiger partial charge on any atom is 0.157 e. The van der Waals surface area contributed by atoms with E-state index in [0.717, 1.165) is 38.5 Å². The van der Waals surface area contributed by atoms with Gasteiger partial charge < -0.3 is 14.9 Å². The van der Waals surface area contributed by atoms with Crippen LogP contribution >= 0.6 is 0 Å². The maximum absolute atomic E-state index is 10.6. The van der Waals surface area contributed by atoms with E-state index in [4.69, 9.17) is 4.74 Å². The lowest BCUT2D eigenvalue weighted by Gasteiger charge is -2.60. The van der Waals surface area contributed by atoms with E-state index in [1.165, 1.54) is 6.42 Å². The highest BCUT2D eigenvalue weighted by Crippen LogP contribution is 2.59. The van der Waals surface area contributed by atoms with Crippen LogP contribution in [0, 0.1) is 17.8 Å². The lowest BCUT2D eigenvalue weighted by Crippen LogP contribution is -2.61. The van der Waals surface area contributed by atoms with Crippen molar-refractivity contribution in [2.24, 2.45) is 17.8 Å². The van der Waals surface area contributed by atoms with Crippen molar-refractivity contribution in [3.63, 3.8) is 0 Å². The van der Waals surface area contributed by atoms with E-state index < -0.39 is 11.9 Å². The van der Waals surface area contributed by atoms with Gasteiger partial charge in [-0.05, 0) is 50.4 Å². The molecular formula is C15H26O3. The molecule has 0 radical (unpaired) electrons. The highest BCUT2D eigenvalue weighted by Gasteiger charge is 2.58. The monoisotopic (exact) mass is 254 g/mol. The summed E-state index contributed by atoms with van der Waals surface area (Å²) in [6.45, 7) is 4.10. The van der Waals surface area contributed by atoms with Gasteiger partial charge in [0.2, 0.25) is 0 Å². The molecule has 4 saturated carbocycles. The van der Waals surface area contributed by atoms with Gasteiger partial charge in [0.15, 0.2) is 6.29 Å². The first kappa shape index (κ1) is 12.9. The fourth-order valence-electron chi connectivity index (χ4n) is 4.84. The zero-order valence-corrected chi connectivity index (χ0v) is 11.6. The third-order valence-corrected chi connectivity index (χ3v) is 5.48. The Morgan fingerprint density at radius 1 is 1.22 bits per heavy atom. The number of hydrogen-bond donors (Lipinski definition) is 2. The Morgan fingerprint density at radius 3 is 2.33 bits per heavy atom. The molecule has 2 N–H and O–H groups in total. The molecule has 3 nitrogen and oxygen atoms in total. The smallest absolute Gasteiger partial charge is 0.157 e. The molecule has 0 aromatic carbocycles. The van der Waals surface area contributed by atoms with Crippen LogP contribution in [0.1, 0.15) is 58.8 Å². The molecule has 4 aliphatic carbocycles. The number of aliphatic hydroxyl groups excluding tert-OH is 1. The van der Waals surface area contributed by atoms with Crippen molar-refractivity contribution in [2.45, 2.75) is 76.3 Å². The quantitative estimate of drug-likeness (QED) is 0.758. The fourth-order valence-corrected chi connectivity index (χ4v) is 4.84. The molecule has 0 spiro atoms. The molecule has 4 fully saturated rings. The van der Waals surface area contributed by atoms with Crippen LogP contribution in [0.5, 0.6) is 0 Å². The lowest BCUT2D eigenvalue weighted by molar-refractivity contribution is -0.280. The van der Waals surface area contributed by atoms with Crippen molar-refractivity contribution < 1.29 is 14.9 Å². The van der Waals surface area contributed by atoms with Crippen LogP contribution in [-0.2, 0) is 4.74 Å². The molecule has 0 aromatic heterocycles. The van der Waals surface area contributed by atoms with Gasteiger partial charge >= 0.3 is 0 Å². The van der Waals surface area contributed by atoms with Gasteiger partial charge in [-0.2, -0.15) is 0 Å². The third kappa shape index (κ3) is 2.10. The van der Waals surface area contributed by atoms with Crippen molar-refractivity contribution >= 4 is 0 Å². The van der Waals surface area contributed by atoms with Crippen LogP contribution in [0.15, 0.2) is 0 Å². The Bertz CT molecular complexity index is 314. The topological polar surface area (TPSA) is 49.7 Å². The average Bonchev–Trinajstić information content (AvgIpc) is 2.23. The van der Waals surface area contributed by atoms with E-state index in [-0.39, 0.29) is 11.5 Å². The second-order valence-corrected chi connectivity index (χ2v) is 7.26. The normalized spacial score (nSPS) is 49.3. The van der Waals surface area contributed by atoms with Gasteiger partial charge in [-0.25, -0.2) is 0 Å². The van der Waals surface area contributed by atoms with Gasteiger partial charge in [0, 0.05) is 12.3 Å². The summed E-state index contributed by atoms with van der Waals surface area (Å²) in [6.07, 6.45) is 6.23. The number of aliphatic hydroxyl groups is 2. The van der Waals surface area contributed by atoms with Crippen molar-refractivity contribution in [2.75, 3.05) is 0 Å². The number of ether oxygens (including phenoxy) is 1. The van der Waals surface area contributed by atoms with E-state index >= 15 is 0 Å². The Kier molecular flexibility index (Phi) is 3.00. The zero-order valence-electron chi connectivity index (χ0n) is 11.6. The van der Waals surface area contributed by atoms with Crippen LogP contribution in [0.3, 0.4) is 0 Å². The molecule has 4 atom stereocenters. The summed E-state index contributed by atoms with van der Waals surface area (Å²) < 4.78 is 6.06. The highest BCUT2D eigenvalue weighted by molar-refractivity contribution is 5.10. The standard InChI is InChI=1S/C15H26O3/c1-3-10(2)13(16)18-15-7-11-4-12(8-15)6-14(17,5-11)9-15/h10-13,16-17H,3-9H2,1-2H3. The van der Waals surface area contributed by atoms with Crippen molar-refractivity contribution in [3.05, 3.63) is 0 Å². The van der Waals surface area contributed by atoms with Crippen LogP contribution in [-0.4, -0.2) is 27.7 Å². The maximum atomic E-state index is 10.6. The van der Waals surface area contributed by atoms with Crippen LogP contribution in [0.4, 0.5) is 0 Å². The second-order valence-electron chi connectivity index (χ2n) is 7.26. The summed E-state index contributed by atoms with van der Waals surface area (Å²) in [5, 5.41) is 20.8. The third-order valence-electron chi connectivity index (χ3n) is 5.48. The molecule has 0 amide bonds. The van der Waals surface area contributed by atoms with E-state index in [9.17, 15) is 10.2 Å². The van der Waals surface area contributed by atoms with Crippen LogP contribution in [0.2, 0.25) is 0 Å². The molecule has 104 valence electrons. The van der Waals surface area contributed by atoms with Crippen molar-refractivity contribution in [3.8, 4) is 0 Å². The number of rotatable bonds is 4. The molecule has 3 heteroatoms. The highest BCUT2D eigenvalue weighted by atomic mass is 16.6. The minimum atomic E-state index is -0.671. The Labute approximate surface area is 110 Å². The summed E-state index contributed by atoms with van der Waals surface area (Å²) in [6, 6.07) is 0. The lowest BCUT2D eigenvalue weighted by atomic mass is 9.52. The second kappa shape index (κ2) is 4.19. The summed E-state index contributed by atoms with van der Waals surface area (Å²) in [5.41, 5.74) is -0.735. The van der Waals surface area contributed by atoms with Crippen LogP contribution < -0.4 is 0 Å². The van der Waals surface area contributed by atoms with Gasteiger partial charge in [0.05, 0.1) is 11.2 Å². The van der Waals surface area contributed by atoms with Gasteiger partial charge in [0.1, 0.15) is 0 Å². The molecule has 0 aromatic rings. The molecule has 4 aliphatic rings. The van der Waals surface area contributed by atoms with Gasteiger partial charge in [-0.1, -0.05) is 13.8 Å². The van der Waals surface area contributed by atoms with Gasteiger partial charge in [-0.15, -0.1) is 0 Å². The minimum Gasteiger partial charge on any atom is -0.390 e. The number of hydrogen-bond acceptors (Lipinski definition) is 3. The first-order chi connectivity index (χ1) is 8.44. The summed E-state index contributed by atoms with van der Waals surface area (Å²) in [5.74, 6) is 1.40. The van der Waals surface area contributed by atoms with E-state index in [1.54, 1.807) is 0 Å². The summed E-state index contributed by atoms with van der Waals surface area (Å²) in [4.78, 5) is 0. The molecular weight excluding hydrogens is 228 g/mol. The molecule has 4 rings (SSSR count). The molecule has 18 heavy (non-hydrogen) atoms. The first-order valence-electron chi connectivity index (χ1n) is 7.52. The minimum absolute atomic E-state index is 0.174. The predicted molar refractivity (Wildman–Crippen MR) is 68.9 cm³/mol. The molecule has 0 aliphatic heterocycles. The largest absolute Gasteiger partial charge is 0.390 e. The van der Waals surface area contributed by atoms with Gasteiger partial charge in [-0.3, -0.25) is 0 Å². The molecule has 0 saturated heterocycles. The molecule has 0 heterocycles. The van der Waals surface area contributed by atoms with E-state index in [1.807, 2.05) is 6.92 Å². The first-order valence-corrected chi connectivity index (χ1v) is 7.52. The Morgan fingerprint density at radius 2 is 1.83 bits per heavy atom. The fraction of sp³-hybridized carbons (Fsp3) is 1.00. The van der Waals surface area contributed by atoms with Crippen molar-refractivity contribution in [1.29, 1.82) is 0 Å². The SMILES string of the molecule is CCC(C)C(O)OC12CC3CC(CC(O)(C3)C1)C2. The predicted octanol–water partition coefficient (Wildman–Crippen LogP) is 2.45. The average molecular weight is 254 g/mol.